The van der Waals surface area contributed by atoms with Crippen molar-refractivity contribution in [2.24, 2.45) is 0 Å². The van der Waals surface area contributed by atoms with Gasteiger partial charge in [-0.05, 0) is 37.6 Å². The molecule has 0 aliphatic carbocycles. The third-order valence-electron chi connectivity index (χ3n) is 3.53. The first-order valence-electron chi connectivity index (χ1n) is 8.09. The van der Waals surface area contributed by atoms with E-state index in [1.165, 1.54) is 6.92 Å². The molecule has 138 valence electrons. The van der Waals surface area contributed by atoms with Gasteiger partial charge in [-0.3, -0.25) is 4.79 Å². The number of carbonyl (C=O) groups is 2. The van der Waals surface area contributed by atoms with Crippen LogP contribution in [0.2, 0.25) is 10.0 Å². The second kappa shape index (κ2) is 9.46. The summed E-state index contributed by atoms with van der Waals surface area (Å²) in [6, 6.07) is 13.8. The molecule has 0 heterocycles. The van der Waals surface area contributed by atoms with Gasteiger partial charge in [0.15, 0.2) is 12.2 Å². The standard InChI is InChI=1S/C19H19Cl2NO4/c1-3-16(26-13-8-5-4-6-9-13)19(24)25-12(2)18(23)22-17-14(20)10-7-11-15(17)21/h4-12,16H,3H2,1-2H3,(H,22,23)/t12-,16-/m1/s1. The maximum Gasteiger partial charge on any atom is 0.348 e. The lowest BCUT2D eigenvalue weighted by Gasteiger charge is -2.20. The highest BCUT2D eigenvalue weighted by Gasteiger charge is 2.26. The van der Waals surface area contributed by atoms with E-state index < -0.39 is 24.1 Å². The first-order chi connectivity index (χ1) is 12.4. The fourth-order valence-corrected chi connectivity index (χ4v) is 2.60. The lowest BCUT2D eigenvalue weighted by atomic mass is 10.2. The molecular weight excluding hydrogens is 377 g/mol. The molecule has 0 fully saturated rings. The minimum atomic E-state index is -1.04. The van der Waals surface area contributed by atoms with Gasteiger partial charge in [0.1, 0.15) is 5.75 Å². The van der Waals surface area contributed by atoms with Gasteiger partial charge in [0, 0.05) is 0 Å². The van der Waals surface area contributed by atoms with Crippen molar-refractivity contribution < 1.29 is 19.1 Å². The van der Waals surface area contributed by atoms with Crippen molar-refractivity contribution in [1.82, 2.24) is 0 Å². The van der Waals surface area contributed by atoms with Crippen LogP contribution in [0.1, 0.15) is 20.3 Å². The molecule has 1 N–H and O–H groups in total. The lowest BCUT2D eigenvalue weighted by Crippen LogP contribution is -2.36. The maximum absolute atomic E-state index is 12.3. The first kappa shape index (κ1) is 20.1. The highest BCUT2D eigenvalue weighted by molar-refractivity contribution is 6.39. The Bertz CT molecular complexity index is 747. The number of amides is 1. The first-order valence-corrected chi connectivity index (χ1v) is 8.85. The molecule has 26 heavy (non-hydrogen) atoms. The summed E-state index contributed by atoms with van der Waals surface area (Å²) in [4.78, 5) is 24.6. The fourth-order valence-electron chi connectivity index (χ4n) is 2.11. The molecule has 0 spiro atoms. The van der Waals surface area contributed by atoms with E-state index in [0.29, 0.717) is 22.2 Å². The third kappa shape index (κ3) is 5.38. The van der Waals surface area contributed by atoms with Gasteiger partial charge in [0.05, 0.1) is 15.7 Å². The molecule has 0 saturated heterocycles. The minimum absolute atomic E-state index is 0.274. The molecule has 5 nitrogen and oxygen atoms in total. The van der Waals surface area contributed by atoms with Gasteiger partial charge in [-0.25, -0.2) is 4.79 Å². The number of nitrogens with one attached hydrogen (secondary N) is 1. The number of esters is 1. The average Bonchev–Trinajstić information content (AvgIpc) is 2.63. The van der Waals surface area contributed by atoms with Gasteiger partial charge >= 0.3 is 5.97 Å². The monoisotopic (exact) mass is 395 g/mol. The predicted molar refractivity (Wildman–Crippen MR) is 102 cm³/mol. The number of hydrogen-bond acceptors (Lipinski definition) is 4. The summed E-state index contributed by atoms with van der Waals surface area (Å²) in [7, 11) is 0. The Labute approximate surface area is 162 Å². The summed E-state index contributed by atoms with van der Waals surface area (Å²) < 4.78 is 10.8. The van der Waals surface area contributed by atoms with Crippen LogP contribution in [0.15, 0.2) is 48.5 Å². The van der Waals surface area contributed by atoms with Crippen LogP contribution in [0.3, 0.4) is 0 Å². The number of benzene rings is 2. The van der Waals surface area contributed by atoms with Crippen molar-refractivity contribution in [3.05, 3.63) is 58.6 Å². The van der Waals surface area contributed by atoms with Crippen LogP contribution in [0.5, 0.6) is 5.75 Å². The van der Waals surface area contributed by atoms with Crippen LogP contribution in [0, 0.1) is 0 Å². The topological polar surface area (TPSA) is 64.6 Å². The molecule has 0 aliphatic heterocycles. The Morgan fingerprint density at radius 2 is 1.65 bits per heavy atom. The van der Waals surface area contributed by atoms with Crippen molar-refractivity contribution in [3.63, 3.8) is 0 Å². The molecule has 2 aromatic carbocycles. The Morgan fingerprint density at radius 3 is 2.23 bits per heavy atom. The van der Waals surface area contributed by atoms with E-state index in [4.69, 9.17) is 32.7 Å². The van der Waals surface area contributed by atoms with Gasteiger partial charge in [0.2, 0.25) is 0 Å². The smallest absolute Gasteiger partial charge is 0.348 e. The Balaban J connectivity index is 1.97. The molecule has 7 heteroatoms. The molecule has 2 aromatic rings. The van der Waals surface area contributed by atoms with Crippen LogP contribution < -0.4 is 10.1 Å². The summed E-state index contributed by atoms with van der Waals surface area (Å²) in [5.74, 6) is -0.608. The van der Waals surface area contributed by atoms with Gasteiger partial charge in [0.25, 0.3) is 5.91 Å². The molecule has 0 aliphatic rings. The number of para-hydroxylation sites is 2. The minimum Gasteiger partial charge on any atom is -0.479 e. The number of halogens is 2. The van der Waals surface area contributed by atoms with E-state index in [9.17, 15) is 9.59 Å². The Morgan fingerprint density at radius 1 is 1.04 bits per heavy atom. The molecule has 1 amide bonds. The SMILES string of the molecule is CC[C@@H](Oc1ccccc1)C(=O)O[C@H](C)C(=O)Nc1c(Cl)cccc1Cl. The zero-order valence-electron chi connectivity index (χ0n) is 14.4. The number of carbonyl (C=O) groups excluding carboxylic acids is 2. The highest BCUT2D eigenvalue weighted by Crippen LogP contribution is 2.30. The Hall–Kier alpha value is -2.24. The molecule has 0 radical (unpaired) electrons. The van der Waals surface area contributed by atoms with Crippen molar-refractivity contribution in [2.45, 2.75) is 32.5 Å². The fraction of sp³-hybridized carbons (Fsp3) is 0.263. The normalized spacial score (nSPS) is 12.8. The zero-order valence-corrected chi connectivity index (χ0v) is 15.9. The third-order valence-corrected chi connectivity index (χ3v) is 4.16. The summed E-state index contributed by atoms with van der Waals surface area (Å²) in [6.45, 7) is 3.26. The highest BCUT2D eigenvalue weighted by atomic mass is 35.5. The van der Waals surface area contributed by atoms with E-state index >= 15 is 0 Å². The zero-order chi connectivity index (χ0) is 19.1. The van der Waals surface area contributed by atoms with Gasteiger partial charge in [-0.2, -0.15) is 0 Å². The summed E-state index contributed by atoms with van der Waals surface area (Å²) in [5.41, 5.74) is 0.274. The van der Waals surface area contributed by atoms with Gasteiger partial charge in [-0.15, -0.1) is 0 Å². The molecular formula is C19H19Cl2NO4. The van der Waals surface area contributed by atoms with E-state index in [1.807, 2.05) is 6.07 Å². The van der Waals surface area contributed by atoms with Crippen molar-refractivity contribution in [3.8, 4) is 5.75 Å². The second-order valence-corrected chi connectivity index (χ2v) is 6.31. The summed E-state index contributed by atoms with van der Waals surface area (Å²) >= 11 is 12.0. The molecule has 0 saturated carbocycles. The van der Waals surface area contributed by atoms with E-state index in [1.54, 1.807) is 49.4 Å². The molecule has 2 atom stereocenters. The largest absolute Gasteiger partial charge is 0.479 e. The lowest BCUT2D eigenvalue weighted by molar-refractivity contribution is -0.160. The van der Waals surface area contributed by atoms with Crippen LogP contribution in [-0.2, 0) is 14.3 Å². The van der Waals surface area contributed by atoms with Gasteiger partial charge in [-0.1, -0.05) is 54.4 Å². The van der Waals surface area contributed by atoms with Crippen molar-refractivity contribution in [1.29, 1.82) is 0 Å². The summed E-state index contributed by atoms with van der Waals surface area (Å²) in [6.07, 6.45) is -1.45. The maximum atomic E-state index is 12.3. The average molecular weight is 396 g/mol. The van der Waals surface area contributed by atoms with E-state index in [-0.39, 0.29) is 5.69 Å². The number of anilines is 1. The van der Waals surface area contributed by atoms with Crippen LogP contribution in [-0.4, -0.2) is 24.1 Å². The molecule has 2 rings (SSSR count). The summed E-state index contributed by atoms with van der Waals surface area (Å²) in [5, 5.41) is 3.16. The van der Waals surface area contributed by atoms with Crippen molar-refractivity contribution in [2.75, 3.05) is 5.32 Å². The quantitative estimate of drug-likeness (QED) is 0.688. The van der Waals surface area contributed by atoms with Crippen LogP contribution in [0.4, 0.5) is 5.69 Å². The van der Waals surface area contributed by atoms with Crippen LogP contribution in [0.25, 0.3) is 0 Å². The van der Waals surface area contributed by atoms with Crippen molar-refractivity contribution >= 4 is 40.8 Å². The van der Waals surface area contributed by atoms with Crippen LogP contribution >= 0.6 is 23.2 Å². The Kier molecular flexibility index (Phi) is 7.30. The predicted octanol–water partition coefficient (Wildman–Crippen LogP) is 4.72. The molecule has 0 bridgehead atoms. The molecule has 0 unspecified atom stereocenters. The van der Waals surface area contributed by atoms with E-state index in [2.05, 4.69) is 5.32 Å². The van der Waals surface area contributed by atoms with Gasteiger partial charge < -0.3 is 14.8 Å². The number of ether oxygens (including phenoxy) is 2. The number of rotatable bonds is 7. The van der Waals surface area contributed by atoms with E-state index in [0.717, 1.165) is 0 Å². The second-order valence-electron chi connectivity index (χ2n) is 5.49. The molecule has 0 aromatic heterocycles. The number of hydrogen-bond donors (Lipinski definition) is 1.